The molecule has 0 spiro atoms. The van der Waals surface area contributed by atoms with Crippen LogP contribution in [0, 0.1) is 6.92 Å². The average molecular weight is 307 g/mol. The maximum Gasteiger partial charge on any atom is 0.240 e. The first-order valence-electron chi connectivity index (χ1n) is 4.85. The van der Waals surface area contributed by atoms with Crippen LogP contribution in [0.1, 0.15) is 12.5 Å². The predicted octanol–water partition coefficient (Wildman–Crippen LogP) is 1.38. The second-order valence-corrected chi connectivity index (χ2v) is 6.24. The molecule has 16 heavy (non-hydrogen) atoms. The van der Waals surface area contributed by atoms with Gasteiger partial charge < -0.3 is 5.73 Å². The van der Waals surface area contributed by atoms with E-state index < -0.39 is 10.0 Å². The Morgan fingerprint density at radius 1 is 1.50 bits per heavy atom. The molecule has 6 heteroatoms. The number of nitrogens with one attached hydrogen (secondary N) is 1. The lowest BCUT2D eigenvalue weighted by Gasteiger charge is -2.12. The molecule has 1 aromatic carbocycles. The van der Waals surface area contributed by atoms with Crippen LogP contribution in [-0.2, 0) is 10.0 Å². The van der Waals surface area contributed by atoms with Crippen molar-refractivity contribution in [2.24, 2.45) is 5.73 Å². The van der Waals surface area contributed by atoms with Crippen LogP contribution in [0.15, 0.2) is 27.6 Å². The fraction of sp³-hybridized carbons (Fsp3) is 0.400. The van der Waals surface area contributed by atoms with Crippen LogP contribution >= 0.6 is 15.9 Å². The molecule has 1 aromatic rings. The second-order valence-electron chi connectivity index (χ2n) is 3.67. The van der Waals surface area contributed by atoms with Crippen molar-refractivity contribution in [3.8, 4) is 0 Å². The Kier molecular flexibility index (Phi) is 4.49. The Morgan fingerprint density at radius 3 is 2.62 bits per heavy atom. The van der Waals surface area contributed by atoms with Gasteiger partial charge in [-0.2, -0.15) is 0 Å². The molecule has 0 heterocycles. The van der Waals surface area contributed by atoms with E-state index in [2.05, 4.69) is 20.7 Å². The topological polar surface area (TPSA) is 72.2 Å². The summed E-state index contributed by atoms with van der Waals surface area (Å²) >= 11 is 3.33. The molecule has 0 aliphatic rings. The number of benzene rings is 1. The molecule has 0 saturated heterocycles. The summed E-state index contributed by atoms with van der Waals surface area (Å²) in [6.07, 6.45) is 0. The standard InChI is InChI=1S/C10H15BrN2O2S/c1-7-5-9(3-4-10(7)11)16(14,15)13-8(2)6-12/h3-5,8,13H,6,12H2,1-2H3/t8-/m1/s1. The summed E-state index contributed by atoms with van der Waals surface area (Å²) in [5.74, 6) is 0. The molecule has 0 amide bonds. The minimum absolute atomic E-state index is 0.258. The summed E-state index contributed by atoms with van der Waals surface area (Å²) < 4.78 is 27.2. The molecule has 0 unspecified atom stereocenters. The van der Waals surface area contributed by atoms with Gasteiger partial charge in [-0.15, -0.1) is 0 Å². The van der Waals surface area contributed by atoms with Gasteiger partial charge in [0.05, 0.1) is 4.90 Å². The number of aryl methyl sites for hydroxylation is 1. The monoisotopic (exact) mass is 306 g/mol. The number of halogens is 1. The van der Waals surface area contributed by atoms with E-state index in [9.17, 15) is 8.42 Å². The number of rotatable bonds is 4. The molecule has 1 rings (SSSR count). The maximum atomic E-state index is 11.9. The molecular formula is C10H15BrN2O2S. The van der Waals surface area contributed by atoms with Gasteiger partial charge in [-0.3, -0.25) is 0 Å². The normalized spacial score (nSPS) is 13.8. The number of hydrogen-bond acceptors (Lipinski definition) is 3. The highest BCUT2D eigenvalue weighted by Crippen LogP contribution is 2.19. The fourth-order valence-corrected chi connectivity index (χ4v) is 2.75. The summed E-state index contributed by atoms with van der Waals surface area (Å²) in [7, 11) is -3.46. The summed E-state index contributed by atoms with van der Waals surface area (Å²) in [5, 5.41) is 0. The largest absolute Gasteiger partial charge is 0.329 e. The first kappa shape index (κ1) is 13.6. The van der Waals surface area contributed by atoms with Crippen molar-refractivity contribution in [2.45, 2.75) is 24.8 Å². The quantitative estimate of drug-likeness (QED) is 0.883. The van der Waals surface area contributed by atoms with Crippen LogP contribution in [0.25, 0.3) is 0 Å². The molecular weight excluding hydrogens is 292 g/mol. The first-order chi connectivity index (χ1) is 7.36. The molecule has 0 aliphatic carbocycles. The van der Waals surface area contributed by atoms with Crippen molar-refractivity contribution in [1.29, 1.82) is 0 Å². The third-order valence-electron chi connectivity index (χ3n) is 2.15. The Bertz CT molecular complexity index is 474. The van der Waals surface area contributed by atoms with Crippen LogP contribution in [0.3, 0.4) is 0 Å². The van der Waals surface area contributed by atoms with E-state index in [1.807, 2.05) is 6.92 Å². The summed E-state index contributed by atoms with van der Waals surface area (Å²) in [4.78, 5) is 0.258. The summed E-state index contributed by atoms with van der Waals surface area (Å²) in [6.45, 7) is 3.84. The smallest absolute Gasteiger partial charge is 0.240 e. The average Bonchev–Trinajstić information content (AvgIpc) is 2.21. The van der Waals surface area contributed by atoms with E-state index in [0.717, 1.165) is 10.0 Å². The van der Waals surface area contributed by atoms with Crippen molar-refractivity contribution in [3.63, 3.8) is 0 Å². The second kappa shape index (κ2) is 5.27. The lowest BCUT2D eigenvalue weighted by molar-refractivity contribution is 0.562. The van der Waals surface area contributed by atoms with Crippen LogP contribution in [0.5, 0.6) is 0 Å². The van der Waals surface area contributed by atoms with Crippen LogP contribution in [-0.4, -0.2) is 21.0 Å². The molecule has 0 bridgehead atoms. The number of hydrogen-bond donors (Lipinski definition) is 2. The highest BCUT2D eigenvalue weighted by Gasteiger charge is 2.16. The van der Waals surface area contributed by atoms with E-state index in [1.165, 1.54) is 0 Å². The molecule has 0 aromatic heterocycles. The number of sulfonamides is 1. The minimum Gasteiger partial charge on any atom is -0.329 e. The van der Waals surface area contributed by atoms with Crippen molar-refractivity contribution >= 4 is 26.0 Å². The van der Waals surface area contributed by atoms with Crippen LogP contribution in [0.4, 0.5) is 0 Å². The third-order valence-corrected chi connectivity index (χ3v) is 4.63. The third kappa shape index (κ3) is 3.28. The van der Waals surface area contributed by atoms with Gasteiger partial charge in [0.2, 0.25) is 10.0 Å². The van der Waals surface area contributed by atoms with Crippen molar-refractivity contribution in [3.05, 3.63) is 28.2 Å². The van der Waals surface area contributed by atoms with Gasteiger partial charge >= 0.3 is 0 Å². The Labute approximate surface area is 104 Å². The molecule has 0 fully saturated rings. The van der Waals surface area contributed by atoms with Crippen molar-refractivity contribution < 1.29 is 8.42 Å². The van der Waals surface area contributed by atoms with Gasteiger partial charge in [-0.05, 0) is 37.6 Å². The van der Waals surface area contributed by atoms with Gasteiger partial charge in [-0.1, -0.05) is 15.9 Å². The molecule has 3 N–H and O–H groups in total. The van der Waals surface area contributed by atoms with Gasteiger partial charge in [0, 0.05) is 17.1 Å². The van der Waals surface area contributed by atoms with E-state index in [4.69, 9.17) is 5.73 Å². The van der Waals surface area contributed by atoms with Gasteiger partial charge in [-0.25, -0.2) is 13.1 Å². The zero-order chi connectivity index (χ0) is 12.3. The van der Waals surface area contributed by atoms with E-state index in [0.29, 0.717) is 0 Å². The fourth-order valence-electron chi connectivity index (χ4n) is 1.17. The molecule has 1 atom stereocenters. The molecule has 4 nitrogen and oxygen atoms in total. The lowest BCUT2D eigenvalue weighted by Crippen LogP contribution is -2.37. The lowest BCUT2D eigenvalue weighted by atomic mass is 10.2. The Morgan fingerprint density at radius 2 is 2.12 bits per heavy atom. The Hall–Kier alpha value is -0.430. The maximum absolute atomic E-state index is 11.9. The Balaban J connectivity index is 3.03. The molecule has 90 valence electrons. The SMILES string of the molecule is Cc1cc(S(=O)(=O)N[C@H](C)CN)ccc1Br. The first-order valence-corrected chi connectivity index (χ1v) is 7.13. The van der Waals surface area contributed by atoms with E-state index in [-0.39, 0.29) is 17.5 Å². The van der Waals surface area contributed by atoms with Crippen LogP contribution in [0.2, 0.25) is 0 Å². The molecule has 0 radical (unpaired) electrons. The van der Waals surface area contributed by atoms with Gasteiger partial charge in [0.25, 0.3) is 0 Å². The minimum atomic E-state index is -3.46. The van der Waals surface area contributed by atoms with E-state index >= 15 is 0 Å². The molecule has 0 saturated carbocycles. The van der Waals surface area contributed by atoms with Gasteiger partial charge in [0.15, 0.2) is 0 Å². The highest BCUT2D eigenvalue weighted by molar-refractivity contribution is 9.10. The number of nitrogens with two attached hydrogens (primary N) is 1. The highest BCUT2D eigenvalue weighted by atomic mass is 79.9. The van der Waals surface area contributed by atoms with Crippen molar-refractivity contribution in [1.82, 2.24) is 4.72 Å². The van der Waals surface area contributed by atoms with Gasteiger partial charge in [0.1, 0.15) is 0 Å². The zero-order valence-electron chi connectivity index (χ0n) is 9.20. The zero-order valence-corrected chi connectivity index (χ0v) is 11.6. The molecule has 0 aliphatic heterocycles. The van der Waals surface area contributed by atoms with Crippen molar-refractivity contribution in [2.75, 3.05) is 6.54 Å². The predicted molar refractivity (Wildman–Crippen MR) is 67.7 cm³/mol. The summed E-state index contributed by atoms with van der Waals surface area (Å²) in [5.41, 5.74) is 6.25. The summed E-state index contributed by atoms with van der Waals surface area (Å²) in [6, 6.07) is 4.63. The van der Waals surface area contributed by atoms with Crippen LogP contribution < -0.4 is 10.5 Å². The van der Waals surface area contributed by atoms with E-state index in [1.54, 1.807) is 25.1 Å².